The summed E-state index contributed by atoms with van der Waals surface area (Å²) in [6.45, 7) is 2.50. The lowest BCUT2D eigenvalue weighted by Crippen LogP contribution is -2.28. The lowest BCUT2D eigenvalue weighted by Gasteiger charge is -2.21. The molecular formula is C21H22N2O. The van der Waals surface area contributed by atoms with Gasteiger partial charge in [0.15, 0.2) is 0 Å². The van der Waals surface area contributed by atoms with E-state index in [2.05, 4.69) is 22.4 Å². The van der Waals surface area contributed by atoms with E-state index >= 15 is 0 Å². The summed E-state index contributed by atoms with van der Waals surface area (Å²) in [5.41, 5.74) is 4.18. The van der Waals surface area contributed by atoms with E-state index in [0.29, 0.717) is 6.54 Å². The molecule has 0 amide bonds. The highest BCUT2D eigenvalue weighted by molar-refractivity contribution is 5.28. The van der Waals surface area contributed by atoms with Gasteiger partial charge in [-0.1, -0.05) is 66.2 Å². The number of pyridine rings is 1. The van der Waals surface area contributed by atoms with Crippen LogP contribution in [0.2, 0.25) is 0 Å². The Morgan fingerprint density at radius 2 is 1.58 bits per heavy atom. The third-order valence-electron chi connectivity index (χ3n) is 4.09. The van der Waals surface area contributed by atoms with E-state index in [9.17, 15) is 5.11 Å². The van der Waals surface area contributed by atoms with E-state index in [1.807, 2.05) is 67.6 Å². The van der Waals surface area contributed by atoms with Crippen LogP contribution in [0.3, 0.4) is 0 Å². The zero-order valence-corrected chi connectivity index (χ0v) is 13.8. The minimum absolute atomic E-state index is 0.0486. The van der Waals surface area contributed by atoms with Gasteiger partial charge in [0.2, 0.25) is 0 Å². The van der Waals surface area contributed by atoms with Crippen molar-refractivity contribution >= 4 is 0 Å². The number of aromatic nitrogens is 1. The number of rotatable bonds is 6. The van der Waals surface area contributed by atoms with Gasteiger partial charge in [0.05, 0.1) is 17.8 Å². The number of hydrogen-bond donors (Lipinski definition) is 2. The second-order valence-corrected chi connectivity index (χ2v) is 5.93. The van der Waals surface area contributed by atoms with Gasteiger partial charge in [-0.2, -0.15) is 0 Å². The third kappa shape index (κ3) is 4.07. The zero-order chi connectivity index (χ0) is 16.8. The maximum atomic E-state index is 10.5. The number of nitrogens with zero attached hydrogens (tertiary/aromatic N) is 1. The van der Waals surface area contributed by atoms with Gasteiger partial charge in [0.25, 0.3) is 0 Å². The van der Waals surface area contributed by atoms with Crippen LogP contribution in [0.1, 0.15) is 34.5 Å². The summed E-state index contributed by atoms with van der Waals surface area (Å²) < 4.78 is 0. The summed E-state index contributed by atoms with van der Waals surface area (Å²) in [6, 6.07) is 24.0. The van der Waals surface area contributed by atoms with Crippen LogP contribution in [0, 0.1) is 6.92 Å². The summed E-state index contributed by atoms with van der Waals surface area (Å²) in [5, 5.41) is 13.9. The van der Waals surface area contributed by atoms with Crippen LogP contribution >= 0.6 is 0 Å². The first-order valence-electron chi connectivity index (χ1n) is 8.18. The third-order valence-corrected chi connectivity index (χ3v) is 4.09. The second kappa shape index (κ2) is 7.86. The van der Waals surface area contributed by atoms with Crippen LogP contribution in [0.15, 0.2) is 79.0 Å². The second-order valence-electron chi connectivity index (χ2n) is 5.93. The lowest BCUT2D eigenvalue weighted by atomic mass is 10.0. The molecule has 3 heteroatoms. The Balaban J connectivity index is 1.76. The predicted molar refractivity (Wildman–Crippen MR) is 96.7 cm³/mol. The smallest absolute Gasteiger partial charge is 0.0914 e. The molecule has 2 atom stereocenters. The van der Waals surface area contributed by atoms with Crippen molar-refractivity contribution in [2.24, 2.45) is 0 Å². The molecule has 0 aliphatic rings. The molecule has 0 unspecified atom stereocenters. The molecule has 3 aromatic rings. The fourth-order valence-corrected chi connectivity index (χ4v) is 2.72. The van der Waals surface area contributed by atoms with E-state index in [0.717, 1.165) is 16.8 Å². The predicted octanol–water partition coefficient (Wildman–Crippen LogP) is 3.80. The molecule has 122 valence electrons. The van der Waals surface area contributed by atoms with Crippen LogP contribution in [-0.2, 0) is 0 Å². The quantitative estimate of drug-likeness (QED) is 0.726. The SMILES string of the molecule is Cc1ccc([C@@H](O)CN[C@@H](c2ccccc2)c2ccccn2)cc1. The molecule has 1 aromatic heterocycles. The van der Waals surface area contributed by atoms with Crippen molar-refractivity contribution in [1.82, 2.24) is 10.3 Å². The fraction of sp³-hybridized carbons (Fsp3) is 0.190. The molecule has 0 saturated carbocycles. The molecule has 0 aliphatic heterocycles. The van der Waals surface area contributed by atoms with E-state index in [4.69, 9.17) is 0 Å². The minimum atomic E-state index is -0.555. The molecule has 0 bridgehead atoms. The topological polar surface area (TPSA) is 45.1 Å². The highest BCUT2D eigenvalue weighted by Gasteiger charge is 2.16. The molecule has 3 rings (SSSR count). The van der Waals surface area contributed by atoms with Gasteiger partial charge in [0, 0.05) is 12.7 Å². The van der Waals surface area contributed by atoms with Crippen molar-refractivity contribution < 1.29 is 5.11 Å². The molecule has 2 N–H and O–H groups in total. The van der Waals surface area contributed by atoms with Gasteiger partial charge in [-0.3, -0.25) is 4.98 Å². The molecule has 0 spiro atoms. The molecule has 0 fully saturated rings. The van der Waals surface area contributed by atoms with Crippen molar-refractivity contribution in [1.29, 1.82) is 0 Å². The van der Waals surface area contributed by atoms with Crippen LogP contribution in [-0.4, -0.2) is 16.6 Å². The number of aliphatic hydroxyl groups is 1. The van der Waals surface area contributed by atoms with E-state index < -0.39 is 6.10 Å². The highest BCUT2D eigenvalue weighted by atomic mass is 16.3. The number of nitrogens with one attached hydrogen (secondary N) is 1. The maximum Gasteiger partial charge on any atom is 0.0914 e. The number of aliphatic hydroxyl groups excluding tert-OH is 1. The average Bonchev–Trinajstić information content (AvgIpc) is 2.64. The highest BCUT2D eigenvalue weighted by Crippen LogP contribution is 2.21. The first-order valence-corrected chi connectivity index (χ1v) is 8.18. The summed E-state index contributed by atoms with van der Waals surface area (Å²) in [7, 11) is 0. The van der Waals surface area contributed by atoms with Gasteiger partial charge >= 0.3 is 0 Å². The standard InChI is InChI=1S/C21H22N2O/c1-16-10-12-17(13-11-16)20(24)15-23-21(18-7-3-2-4-8-18)19-9-5-6-14-22-19/h2-14,20-21,23-24H,15H2,1H3/t20-,21-/m0/s1. The van der Waals surface area contributed by atoms with E-state index in [-0.39, 0.29) is 6.04 Å². The van der Waals surface area contributed by atoms with Crippen LogP contribution in [0.5, 0.6) is 0 Å². The Hall–Kier alpha value is -2.49. The number of aryl methyl sites for hydroxylation is 1. The Bertz CT molecular complexity index is 702. The zero-order valence-electron chi connectivity index (χ0n) is 13.8. The van der Waals surface area contributed by atoms with Crippen molar-refractivity contribution in [2.45, 2.75) is 19.1 Å². The first kappa shape index (κ1) is 16.4. The van der Waals surface area contributed by atoms with E-state index in [1.54, 1.807) is 6.20 Å². The largest absolute Gasteiger partial charge is 0.387 e. The molecular weight excluding hydrogens is 296 g/mol. The Labute approximate surface area is 143 Å². The summed E-state index contributed by atoms with van der Waals surface area (Å²) in [5.74, 6) is 0. The maximum absolute atomic E-state index is 10.5. The normalized spacial score (nSPS) is 13.4. The van der Waals surface area contributed by atoms with Crippen molar-refractivity contribution in [2.75, 3.05) is 6.54 Å². The molecule has 24 heavy (non-hydrogen) atoms. The molecule has 0 aliphatic carbocycles. The molecule has 2 aromatic carbocycles. The average molecular weight is 318 g/mol. The summed E-state index contributed by atoms with van der Waals surface area (Å²) in [6.07, 6.45) is 1.24. The molecule has 0 radical (unpaired) electrons. The Morgan fingerprint density at radius 1 is 0.875 bits per heavy atom. The Morgan fingerprint density at radius 3 is 2.25 bits per heavy atom. The van der Waals surface area contributed by atoms with Crippen LogP contribution in [0.4, 0.5) is 0 Å². The van der Waals surface area contributed by atoms with Crippen molar-refractivity contribution in [3.63, 3.8) is 0 Å². The molecule has 0 saturated heterocycles. The van der Waals surface area contributed by atoms with Crippen molar-refractivity contribution in [3.8, 4) is 0 Å². The monoisotopic (exact) mass is 318 g/mol. The summed E-state index contributed by atoms with van der Waals surface area (Å²) >= 11 is 0. The minimum Gasteiger partial charge on any atom is -0.387 e. The van der Waals surface area contributed by atoms with Gasteiger partial charge in [0.1, 0.15) is 0 Å². The van der Waals surface area contributed by atoms with Crippen LogP contribution in [0.25, 0.3) is 0 Å². The fourth-order valence-electron chi connectivity index (χ4n) is 2.72. The molecule has 3 nitrogen and oxygen atoms in total. The molecule has 1 heterocycles. The number of benzene rings is 2. The van der Waals surface area contributed by atoms with Gasteiger partial charge in [-0.05, 0) is 30.2 Å². The van der Waals surface area contributed by atoms with Gasteiger partial charge < -0.3 is 10.4 Å². The van der Waals surface area contributed by atoms with Gasteiger partial charge in [-0.15, -0.1) is 0 Å². The van der Waals surface area contributed by atoms with Gasteiger partial charge in [-0.25, -0.2) is 0 Å². The lowest BCUT2D eigenvalue weighted by molar-refractivity contribution is 0.171. The Kier molecular flexibility index (Phi) is 5.36. The summed E-state index contributed by atoms with van der Waals surface area (Å²) in [4.78, 5) is 4.47. The number of hydrogen-bond acceptors (Lipinski definition) is 3. The van der Waals surface area contributed by atoms with Crippen LogP contribution < -0.4 is 5.32 Å². The van der Waals surface area contributed by atoms with E-state index in [1.165, 1.54) is 5.56 Å². The first-order chi connectivity index (χ1) is 11.7. The van der Waals surface area contributed by atoms with Crippen molar-refractivity contribution in [3.05, 3.63) is 101 Å².